The summed E-state index contributed by atoms with van der Waals surface area (Å²) in [5, 5.41) is 2.35. The van der Waals surface area contributed by atoms with Crippen LogP contribution in [0.5, 0.6) is 0 Å². The highest BCUT2D eigenvalue weighted by Crippen LogP contribution is 2.40. The summed E-state index contributed by atoms with van der Waals surface area (Å²) in [6, 6.07) is 76.2. The maximum absolute atomic E-state index is 5.40. The van der Waals surface area contributed by atoms with Crippen molar-refractivity contribution in [3.63, 3.8) is 0 Å². The predicted octanol–water partition coefficient (Wildman–Crippen LogP) is 14.3. The molecule has 5 heteroatoms. The molecule has 0 radical (unpaired) electrons. The van der Waals surface area contributed by atoms with Crippen LogP contribution in [0.15, 0.2) is 218 Å². The van der Waals surface area contributed by atoms with Gasteiger partial charge in [0.05, 0.1) is 39.5 Å². The average molecular weight is 794 g/mol. The Kier molecular flexibility index (Phi) is 9.32. The number of benzene rings is 8. The van der Waals surface area contributed by atoms with Crippen molar-refractivity contribution >= 4 is 21.8 Å². The van der Waals surface area contributed by atoms with Crippen LogP contribution in [0.25, 0.3) is 106 Å². The summed E-state index contributed by atoms with van der Waals surface area (Å²) in [4.78, 5) is 21.1. The first-order valence-electron chi connectivity index (χ1n) is 20.9. The zero-order chi connectivity index (χ0) is 41.4. The Morgan fingerprint density at radius 1 is 0.306 bits per heavy atom. The zero-order valence-corrected chi connectivity index (χ0v) is 34.0. The van der Waals surface area contributed by atoms with Crippen molar-refractivity contribution in [3.05, 3.63) is 224 Å². The van der Waals surface area contributed by atoms with Crippen LogP contribution in [0.4, 0.5) is 0 Å². The number of rotatable bonds is 8. The Labute approximate surface area is 360 Å². The lowest BCUT2D eigenvalue weighted by molar-refractivity contribution is 1.13. The summed E-state index contributed by atoms with van der Waals surface area (Å²) in [6.45, 7) is 2.13. The molecule has 11 rings (SSSR count). The molecule has 0 saturated heterocycles. The van der Waals surface area contributed by atoms with Crippen LogP contribution in [-0.4, -0.2) is 24.5 Å². The van der Waals surface area contributed by atoms with E-state index in [4.69, 9.17) is 19.9 Å². The fraction of sp³-hybridized carbons (Fsp3) is 0.0175. The van der Waals surface area contributed by atoms with Gasteiger partial charge in [-0.15, -0.1) is 0 Å². The fourth-order valence-electron chi connectivity index (χ4n) is 8.38. The van der Waals surface area contributed by atoms with Gasteiger partial charge in [-0.3, -0.25) is 0 Å². The third kappa shape index (κ3) is 6.91. The molecule has 3 aromatic heterocycles. The van der Waals surface area contributed by atoms with Gasteiger partial charge in [0.2, 0.25) is 0 Å². The highest BCUT2D eigenvalue weighted by Gasteiger charge is 2.21. The molecule has 0 aliphatic carbocycles. The number of fused-ring (bicyclic) bond motifs is 3. The first-order valence-corrected chi connectivity index (χ1v) is 20.9. The van der Waals surface area contributed by atoms with Gasteiger partial charge in [-0.2, -0.15) is 0 Å². The number of para-hydroxylation sites is 1. The van der Waals surface area contributed by atoms with E-state index in [0.29, 0.717) is 11.6 Å². The summed E-state index contributed by atoms with van der Waals surface area (Å²) in [7, 11) is 0. The molecule has 0 spiro atoms. The molecule has 0 N–H and O–H groups in total. The van der Waals surface area contributed by atoms with Gasteiger partial charge in [-0.05, 0) is 60.5 Å². The summed E-state index contributed by atoms with van der Waals surface area (Å²) in [5.74, 6) is 1.28. The standard InChI is InChI=1S/C57H39N5/c1-38-26-28-39(29-27-38)44-30-32-54-47(34-44)46-24-14-15-25-53(46)62(54)55-33-31-45(52-37-49(40-16-6-2-7-17-40)58-56(59-52)43-22-12-5-13-23-43)35-48(55)57-60-50(41-18-8-3-9-19-41)36-51(61-57)42-20-10-4-11-21-42/h2-37H,1H3. The minimum absolute atomic E-state index is 0.616. The maximum Gasteiger partial charge on any atom is 0.162 e. The first kappa shape index (κ1) is 36.8. The minimum atomic E-state index is 0.616. The molecule has 0 atom stereocenters. The molecular weight excluding hydrogens is 755 g/mol. The van der Waals surface area contributed by atoms with E-state index in [2.05, 4.69) is 181 Å². The van der Waals surface area contributed by atoms with Crippen LogP contribution in [0.3, 0.4) is 0 Å². The number of aromatic nitrogens is 5. The Morgan fingerprint density at radius 2 is 0.758 bits per heavy atom. The Bertz CT molecular complexity index is 3260. The lowest BCUT2D eigenvalue weighted by atomic mass is 10.0. The first-order chi connectivity index (χ1) is 30.6. The number of aryl methyl sites for hydroxylation is 1. The average Bonchev–Trinajstić information content (AvgIpc) is 3.68. The highest BCUT2D eigenvalue weighted by atomic mass is 15.0. The quantitative estimate of drug-likeness (QED) is 0.154. The molecule has 0 saturated carbocycles. The van der Waals surface area contributed by atoms with Crippen molar-refractivity contribution in [2.24, 2.45) is 0 Å². The largest absolute Gasteiger partial charge is 0.309 e. The molecule has 0 amide bonds. The van der Waals surface area contributed by atoms with Gasteiger partial charge >= 0.3 is 0 Å². The SMILES string of the molecule is Cc1ccc(-c2ccc3c(c2)c2ccccc2n3-c2ccc(-c3cc(-c4ccccc4)nc(-c4ccccc4)n3)cc2-c2nc(-c3ccccc3)cc(-c3ccccc3)n2)cc1. The monoisotopic (exact) mass is 793 g/mol. The van der Waals surface area contributed by atoms with E-state index in [-0.39, 0.29) is 0 Å². The molecule has 62 heavy (non-hydrogen) atoms. The third-order valence-electron chi connectivity index (χ3n) is 11.5. The molecule has 11 aromatic rings. The topological polar surface area (TPSA) is 56.5 Å². The highest BCUT2D eigenvalue weighted by molar-refractivity contribution is 6.11. The Balaban J connectivity index is 1.19. The van der Waals surface area contributed by atoms with E-state index in [1.807, 2.05) is 48.5 Å². The fourth-order valence-corrected chi connectivity index (χ4v) is 8.38. The van der Waals surface area contributed by atoms with E-state index in [1.54, 1.807) is 0 Å². The van der Waals surface area contributed by atoms with E-state index in [1.165, 1.54) is 27.5 Å². The summed E-state index contributed by atoms with van der Waals surface area (Å²) in [5.41, 5.74) is 15.9. The van der Waals surface area contributed by atoms with Crippen LogP contribution < -0.4 is 0 Å². The van der Waals surface area contributed by atoms with Crippen molar-refractivity contribution in [3.8, 4) is 84.6 Å². The number of nitrogens with zero attached hydrogens (tertiary/aromatic N) is 5. The van der Waals surface area contributed by atoms with Gasteiger partial charge in [-0.1, -0.05) is 181 Å². The van der Waals surface area contributed by atoms with Crippen LogP contribution in [0.2, 0.25) is 0 Å². The van der Waals surface area contributed by atoms with E-state index in [0.717, 1.165) is 72.9 Å². The number of hydrogen-bond donors (Lipinski definition) is 0. The van der Waals surface area contributed by atoms with Crippen molar-refractivity contribution in [1.82, 2.24) is 24.5 Å². The summed E-state index contributed by atoms with van der Waals surface area (Å²) >= 11 is 0. The van der Waals surface area contributed by atoms with Crippen molar-refractivity contribution in [1.29, 1.82) is 0 Å². The molecule has 8 aromatic carbocycles. The van der Waals surface area contributed by atoms with Gasteiger partial charge in [0, 0.05) is 44.2 Å². The van der Waals surface area contributed by atoms with Crippen LogP contribution in [0.1, 0.15) is 5.56 Å². The Hall–Kier alpha value is -8.28. The van der Waals surface area contributed by atoms with Crippen molar-refractivity contribution in [2.75, 3.05) is 0 Å². The normalized spacial score (nSPS) is 11.3. The number of hydrogen-bond acceptors (Lipinski definition) is 4. The van der Waals surface area contributed by atoms with Gasteiger partial charge < -0.3 is 4.57 Å². The summed E-state index contributed by atoms with van der Waals surface area (Å²) < 4.78 is 2.37. The predicted molar refractivity (Wildman–Crippen MR) is 255 cm³/mol. The maximum atomic E-state index is 5.40. The third-order valence-corrected chi connectivity index (χ3v) is 11.5. The lowest BCUT2D eigenvalue weighted by Crippen LogP contribution is -2.03. The van der Waals surface area contributed by atoms with E-state index in [9.17, 15) is 0 Å². The molecule has 0 fully saturated rings. The smallest absolute Gasteiger partial charge is 0.162 e. The molecule has 292 valence electrons. The summed E-state index contributed by atoms with van der Waals surface area (Å²) in [6.07, 6.45) is 0. The van der Waals surface area contributed by atoms with Gasteiger partial charge in [-0.25, -0.2) is 19.9 Å². The van der Waals surface area contributed by atoms with Gasteiger partial charge in [0.1, 0.15) is 0 Å². The molecule has 0 unspecified atom stereocenters. The van der Waals surface area contributed by atoms with Crippen molar-refractivity contribution < 1.29 is 0 Å². The molecule has 0 bridgehead atoms. The van der Waals surface area contributed by atoms with E-state index < -0.39 is 0 Å². The molecule has 5 nitrogen and oxygen atoms in total. The van der Waals surface area contributed by atoms with Gasteiger partial charge in [0.25, 0.3) is 0 Å². The second-order valence-corrected chi connectivity index (χ2v) is 15.6. The molecule has 0 aliphatic heterocycles. The lowest BCUT2D eigenvalue weighted by Gasteiger charge is -2.17. The van der Waals surface area contributed by atoms with Crippen LogP contribution in [-0.2, 0) is 0 Å². The van der Waals surface area contributed by atoms with E-state index >= 15 is 0 Å². The Morgan fingerprint density at radius 3 is 1.34 bits per heavy atom. The second kappa shape index (κ2) is 15.7. The zero-order valence-electron chi connectivity index (χ0n) is 34.0. The second-order valence-electron chi connectivity index (χ2n) is 15.6. The van der Waals surface area contributed by atoms with Crippen molar-refractivity contribution in [2.45, 2.75) is 6.92 Å². The van der Waals surface area contributed by atoms with Crippen LogP contribution >= 0.6 is 0 Å². The van der Waals surface area contributed by atoms with Gasteiger partial charge in [0.15, 0.2) is 11.6 Å². The molecule has 3 heterocycles. The van der Waals surface area contributed by atoms with Crippen LogP contribution in [0, 0.1) is 6.92 Å². The molecule has 0 aliphatic rings. The minimum Gasteiger partial charge on any atom is -0.309 e. The molecular formula is C57H39N5.